The number of ether oxygens (including phenoxy) is 1. The molecule has 2 N–H and O–H groups in total. The molecule has 0 bridgehead atoms. The number of unbranched alkanes of at least 4 members (excludes halogenated alkanes) is 6. The lowest BCUT2D eigenvalue weighted by Gasteiger charge is -2.19. The van der Waals surface area contributed by atoms with Gasteiger partial charge in [-0.25, -0.2) is 0 Å². The number of alkyl halides is 1. The van der Waals surface area contributed by atoms with Crippen LogP contribution < -0.4 is 0 Å². The van der Waals surface area contributed by atoms with Crippen molar-refractivity contribution in [1.82, 2.24) is 0 Å². The molecule has 0 radical (unpaired) electrons. The molecule has 0 aliphatic heterocycles. The molecule has 1 unspecified atom stereocenters. The summed E-state index contributed by atoms with van der Waals surface area (Å²) in [6.45, 7) is 5.46. The zero-order valence-electron chi connectivity index (χ0n) is 13.9. The molecule has 132 valence electrons. The normalized spacial score (nSPS) is 13.9. The van der Waals surface area contributed by atoms with Crippen LogP contribution >= 0.6 is 23.5 Å². The van der Waals surface area contributed by atoms with E-state index < -0.39 is 11.9 Å². The fraction of sp³-hybridized carbons (Fsp3) is 0.933. The molecule has 0 amide bonds. The minimum atomic E-state index is -3.81. The maximum atomic E-state index is 11.7. The molecule has 0 aromatic carbocycles. The summed E-state index contributed by atoms with van der Waals surface area (Å²) in [5, 5.41) is 0. The van der Waals surface area contributed by atoms with E-state index in [1.54, 1.807) is 13.8 Å². The van der Waals surface area contributed by atoms with Gasteiger partial charge in [-0.2, -0.15) is 0 Å². The number of esters is 1. The van der Waals surface area contributed by atoms with Crippen LogP contribution in [0.1, 0.15) is 72.1 Å². The minimum Gasteiger partial charge on any atom is -0.462 e. The molecule has 0 aromatic heterocycles. The Labute approximate surface area is 142 Å². The van der Waals surface area contributed by atoms with E-state index in [1.807, 2.05) is 6.92 Å². The molecule has 0 rings (SSSR count). The fourth-order valence-electron chi connectivity index (χ4n) is 2.02. The number of hydrogen-bond donors (Lipinski definition) is 2. The second kappa shape index (κ2) is 10.8. The van der Waals surface area contributed by atoms with Gasteiger partial charge in [-0.05, 0) is 40.0 Å². The number of carbonyl (C=O) groups is 1. The fourth-order valence-corrected chi connectivity index (χ4v) is 2.74. The third kappa shape index (κ3) is 13.7. The van der Waals surface area contributed by atoms with Gasteiger partial charge in [0.05, 0.1) is 6.10 Å². The van der Waals surface area contributed by atoms with Crippen molar-refractivity contribution in [3.8, 4) is 0 Å². The van der Waals surface area contributed by atoms with Gasteiger partial charge in [0.1, 0.15) is 4.32 Å². The Balaban J connectivity index is 3.46. The van der Waals surface area contributed by atoms with Gasteiger partial charge in [-0.3, -0.25) is 9.36 Å². The zero-order chi connectivity index (χ0) is 17.2. The topological polar surface area (TPSA) is 83.8 Å². The summed E-state index contributed by atoms with van der Waals surface area (Å²) in [6.07, 6.45) is 7.61. The lowest BCUT2D eigenvalue weighted by atomic mass is 10.1. The van der Waals surface area contributed by atoms with Crippen LogP contribution in [0.2, 0.25) is 0 Å². The molecule has 1 atom stereocenters. The highest BCUT2D eigenvalue weighted by Crippen LogP contribution is 2.35. The first-order chi connectivity index (χ1) is 10.0. The van der Waals surface area contributed by atoms with Gasteiger partial charge in [0.2, 0.25) is 0 Å². The van der Waals surface area contributed by atoms with Crippen molar-refractivity contribution < 1.29 is 23.9 Å². The molecule has 5 nitrogen and oxygen atoms in total. The Hall–Kier alpha value is 0.1000. The van der Waals surface area contributed by atoms with E-state index in [9.17, 15) is 9.36 Å². The molecule has 0 heterocycles. The number of hydrogen-bond acceptors (Lipinski definition) is 3. The molecule has 0 aromatic rings. The monoisotopic (exact) mass is 400 g/mol. The van der Waals surface area contributed by atoms with E-state index in [-0.39, 0.29) is 18.2 Å². The summed E-state index contributed by atoms with van der Waals surface area (Å²) in [4.78, 5) is 29.1. The molecule has 0 saturated carbocycles. The van der Waals surface area contributed by atoms with E-state index >= 15 is 0 Å². The predicted octanol–water partition coefficient (Wildman–Crippen LogP) is 4.39. The molecule has 0 aliphatic rings. The number of carbonyl (C=O) groups excluding carboxylic acids is 1. The lowest BCUT2D eigenvalue weighted by molar-refractivity contribution is -0.150. The SMILES string of the molecule is CC(CCCCCCCCCP(=O)(O)O)OC(=O)C(C)(C)Br. The summed E-state index contributed by atoms with van der Waals surface area (Å²) in [5.74, 6) is -0.231. The van der Waals surface area contributed by atoms with Crippen LogP contribution in [0.3, 0.4) is 0 Å². The minimum absolute atomic E-state index is 0.000197. The van der Waals surface area contributed by atoms with E-state index in [2.05, 4.69) is 15.9 Å². The van der Waals surface area contributed by atoms with Gasteiger partial charge in [0.15, 0.2) is 0 Å². The molecular formula is C15H30BrO5P. The highest BCUT2D eigenvalue weighted by molar-refractivity contribution is 9.10. The van der Waals surface area contributed by atoms with Crippen LogP contribution in [-0.2, 0) is 14.1 Å². The van der Waals surface area contributed by atoms with E-state index in [0.29, 0.717) is 6.42 Å². The summed E-state index contributed by atoms with van der Waals surface area (Å²) < 4.78 is 15.4. The summed E-state index contributed by atoms with van der Waals surface area (Å²) in [7, 11) is -3.81. The zero-order valence-corrected chi connectivity index (χ0v) is 16.4. The first-order valence-electron chi connectivity index (χ1n) is 7.97. The summed E-state index contributed by atoms with van der Waals surface area (Å²) in [6, 6.07) is 0. The quantitative estimate of drug-likeness (QED) is 0.219. The third-order valence-electron chi connectivity index (χ3n) is 3.35. The highest BCUT2D eigenvalue weighted by atomic mass is 79.9. The Morgan fingerprint density at radius 3 is 2.00 bits per heavy atom. The van der Waals surface area contributed by atoms with E-state index in [0.717, 1.165) is 44.9 Å². The summed E-state index contributed by atoms with van der Waals surface area (Å²) >= 11 is 3.28. The number of rotatable bonds is 12. The largest absolute Gasteiger partial charge is 0.462 e. The standard InChI is InChI=1S/C15H30BrO5P/c1-13(21-14(17)15(2,3)16)11-9-7-5-4-6-8-10-12-22(18,19)20/h13H,4-12H2,1-3H3,(H2,18,19,20). The molecule has 22 heavy (non-hydrogen) atoms. The van der Waals surface area contributed by atoms with Crippen molar-refractivity contribution in [3.63, 3.8) is 0 Å². The van der Waals surface area contributed by atoms with Crippen LogP contribution in [0.25, 0.3) is 0 Å². The second-order valence-corrected chi connectivity index (χ2v) is 10.1. The lowest BCUT2D eigenvalue weighted by Crippen LogP contribution is -2.29. The maximum absolute atomic E-state index is 11.7. The van der Waals surface area contributed by atoms with Crippen molar-refractivity contribution in [2.24, 2.45) is 0 Å². The maximum Gasteiger partial charge on any atom is 0.325 e. The van der Waals surface area contributed by atoms with Gasteiger partial charge in [0.25, 0.3) is 0 Å². The Morgan fingerprint density at radius 2 is 1.55 bits per heavy atom. The smallest absolute Gasteiger partial charge is 0.325 e. The third-order valence-corrected chi connectivity index (χ3v) is 4.58. The highest BCUT2D eigenvalue weighted by Gasteiger charge is 2.26. The predicted molar refractivity (Wildman–Crippen MR) is 92.4 cm³/mol. The average Bonchev–Trinajstić information content (AvgIpc) is 2.34. The van der Waals surface area contributed by atoms with Gasteiger partial charge < -0.3 is 14.5 Å². The van der Waals surface area contributed by atoms with E-state index in [4.69, 9.17) is 14.5 Å². The van der Waals surface area contributed by atoms with Crippen molar-refractivity contribution in [1.29, 1.82) is 0 Å². The Kier molecular flexibility index (Phi) is 10.8. The molecule has 7 heteroatoms. The average molecular weight is 401 g/mol. The van der Waals surface area contributed by atoms with Crippen LogP contribution in [0.4, 0.5) is 0 Å². The van der Waals surface area contributed by atoms with Crippen molar-refractivity contribution in [2.45, 2.75) is 82.6 Å². The van der Waals surface area contributed by atoms with Crippen molar-refractivity contribution >= 4 is 29.5 Å². The van der Waals surface area contributed by atoms with Crippen molar-refractivity contribution in [3.05, 3.63) is 0 Å². The van der Waals surface area contributed by atoms with Crippen LogP contribution in [0.5, 0.6) is 0 Å². The summed E-state index contributed by atoms with van der Waals surface area (Å²) in [5.41, 5.74) is 0. The Bertz CT molecular complexity index is 361. The first-order valence-corrected chi connectivity index (χ1v) is 10.6. The van der Waals surface area contributed by atoms with Crippen LogP contribution in [0, 0.1) is 0 Å². The van der Waals surface area contributed by atoms with Gasteiger partial charge in [0, 0.05) is 6.16 Å². The number of halogens is 1. The molecule has 0 spiro atoms. The van der Waals surface area contributed by atoms with Gasteiger partial charge in [-0.15, -0.1) is 0 Å². The van der Waals surface area contributed by atoms with E-state index in [1.165, 1.54) is 0 Å². The molecule has 0 fully saturated rings. The van der Waals surface area contributed by atoms with Crippen molar-refractivity contribution in [2.75, 3.05) is 6.16 Å². The molecule has 0 saturated heterocycles. The second-order valence-electron chi connectivity index (χ2n) is 6.34. The van der Waals surface area contributed by atoms with Crippen LogP contribution in [-0.4, -0.2) is 32.3 Å². The molecular weight excluding hydrogens is 371 g/mol. The first kappa shape index (κ1) is 22.1. The van der Waals surface area contributed by atoms with Gasteiger partial charge >= 0.3 is 13.6 Å². The molecule has 0 aliphatic carbocycles. The Morgan fingerprint density at radius 1 is 1.09 bits per heavy atom. The van der Waals surface area contributed by atoms with Crippen LogP contribution in [0.15, 0.2) is 0 Å². The van der Waals surface area contributed by atoms with Gasteiger partial charge in [-0.1, -0.05) is 48.0 Å².